The number of hydrogen-bond donors (Lipinski definition) is 0. The normalized spacial score (nSPS) is 19.7. The van der Waals surface area contributed by atoms with Crippen molar-refractivity contribution in [3.8, 4) is 0 Å². The molecule has 0 aromatic heterocycles. The van der Waals surface area contributed by atoms with Gasteiger partial charge in [0.2, 0.25) is 12.6 Å². The van der Waals surface area contributed by atoms with E-state index in [1.54, 1.807) is 25.0 Å². The highest BCUT2D eigenvalue weighted by Crippen LogP contribution is 2.16. The minimum absolute atomic E-state index is 0.0642. The zero-order valence-corrected chi connectivity index (χ0v) is 8.63. The van der Waals surface area contributed by atoms with Gasteiger partial charge in [-0.1, -0.05) is 6.42 Å². The Balaban J connectivity index is 1.41. The van der Waals surface area contributed by atoms with E-state index < -0.39 is 0 Å². The maximum atomic E-state index is 5.17. The van der Waals surface area contributed by atoms with E-state index in [-0.39, 0.29) is 12.6 Å². The summed E-state index contributed by atoms with van der Waals surface area (Å²) in [6.45, 7) is 0. The molecule has 84 valence electrons. The van der Waals surface area contributed by atoms with Crippen molar-refractivity contribution < 1.29 is 18.9 Å². The van der Waals surface area contributed by atoms with E-state index >= 15 is 0 Å². The zero-order valence-electron chi connectivity index (χ0n) is 8.63. The molecular formula is C11H16O4. The average Bonchev–Trinajstić information content (AvgIpc) is 2.88. The first-order valence-corrected chi connectivity index (χ1v) is 5.37. The van der Waals surface area contributed by atoms with E-state index in [0.29, 0.717) is 0 Å². The van der Waals surface area contributed by atoms with Crippen LogP contribution >= 0.6 is 0 Å². The number of ether oxygens (including phenoxy) is 4. The lowest BCUT2D eigenvalue weighted by Gasteiger charge is -2.11. The molecule has 0 aliphatic carbocycles. The van der Waals surface area contributed by atoms with Gasteiger partial charge in [-0.15, -0.1) is 0 Å². The van der Waals surface area contributed by atoms with Crippen molar-refractivity contribution in [1.82, 2.24) is 0 Å². The molecule has 2 heterocycles. The first kappa shape index (κ1) is 10.2. The summed E-state index contributed by atoms with van der Waals surface area (Å²) in [5.74, 6) is 0. The third-order valence-corrected chi connectivity index (χ3v) is 2.41. The van der Waals surface area contributed by atoms with Crippen molar-refractivity contribution in [3.63, 3.8) is 0 Å². The minimum atomic E-state index is -0.0642. The minimum Gasteiger partial charge on any atom is -0.459 e. The van der Waals surface area contributed by atoms with Crippen LogP contribution in [0.4, 0.5) is 0 Å². The Hall–Kier alpha value is -1.32. The summed E-state index contributed by atoms with van der Waals surface area (Å²) in [6.07, 6.45) is 11.5. The summed E-state index contributed by atoms with van der Waals surface area (Å²) >= 11 is 0. The maximum Gasteiger partial charge on any atom is 0.239 e. The van der Waals surface area contributed by atoms with Crippen LogP contribution in [0.3, 0.4) is 0 Å². The molecule has 0 fully saturated rings. The SMILES string of the molecule is C1=COC(CCCCCC2OC=CO2)O1. The van der Waals surface area contributed by atoms with E-state index in [1.807, 2.05) is 0 Å². The summed E-state index contributed by atoms with van der Waals surface area (Å²) in [6, 6.07) is 0. The quantitative estimate of drug-likeness (QED) is 0.634. The van der Waals surface area contributed by atoms with Crippen molar-refractivity contribution >= 4 is 0 Å². The molecular weight excluding hydrogens is 196 g/mol. The van der Waals surface area contributed by atoms with Crippen LogP contribution in [0.25, 0.3) is 0 Å². The van der Waals surface area contributed by atoms with Gasteiger partial charge in [-0.2, -0.15) is 0 Å². The molecule has 0 amide bonds. The highest BCUT2D eigenvalue weighted by molar-refractivity contribution is 4.72. The Bertz CT molecular complexity index is 197. The largest absolute Gasteiger partial charge is 0.459 e. The average molecular weight is 212 g/mol. The van der Waals surface area contributed by atoms with Gasteiger partial charge in [0.05, 0.1) is 0 Å². The van der Waals surface area contributed by atoms with Gasteiger partial charge < -0.3 is 18.9 Å². The van der Waals surface area contributed by atoms with Crippen LogP contribution in [0, 0.1) is 0 Å². The fourth-order valence-electron chi connectivity index (χ4n) is 1.61. The van der Waals surface area contributed by atoms with Crippen LogP contribution in [-0.2, 0) is 18.9 Å². The molecule has 15 heavy (non-hydrogen) atoms. The molecule has 4 heteroatoms. The van der Waals surface area contributed by atoms with Crippen LogP contribution in [0.15, 0.2) is 25.0 Å². The molecule has 2 aliphatic heterocycles. The van der Waals surface area contributed by atoms with Crippen molar-refractivity contribution in [2.24, 2.45) is 0 Å². The highest BCUT2D eigenvalue weighted by atomic mass is 16.7. The lowest BCUT2D eigenvalue weighted by molar-refractivity contribution is -0.0343. The van der Waals surface area contributed by atoms with E-state index in [9.17, 15) is 0 Å². The fourth-order valence-corrected chi connectivity index (χ4v) is 1.61. The van der Waals surface area contributed by atoms with Crippen molar-refractivity contribution in [3.05, 3.63) is 25.0 Å². The number of hydrogen-bond acceptors (Lipinski definition) is 4. The molecule has 2 rings (SSSR count). The summed E-state index contributed by atoms with van der Waals surface area (Å²) in [4.78, 5) is 0. The van der Waals surface area contributed by atoms with Crippen LogP contribution in [-0.4, -0.2) is 12.6 Å². The fraction of sp³-hybridized carbons (Fsp3) is 0.636. The molecule has 2 aliphatic rings. The van der Waals surface area contributed by atoms with Crippen LogP contribution in [0.5, 0.6) is 0 Å². The molecule has 0 saturated heterocycles. The highest BCUT2D eigenvalue weighted by Gasteiger charge is 2.13. The van der Waals surface area contributed by atoms with Gasteiger partial charge in [-0.3, -0.25) is 0 Å². The van der Waals surface area contributed by atoms with Gasteiger partial charge in [0.15, 0.2) is 0 Å². The van der Waals surface area contributed by atoms with Gasteiger partial charge in [0.1, 0.15) is 25.0 Å². The van der Waals surface area contributed by atoms with Crippen molar-refractivity contribution in [1.29, 1.82) is 0 Å². The Morgan fingerprint density at radius 2 is 1.00 bits per heavy atom. The molecule has 0 atom stereocenters. The molecule has 0 saturated carbocycles. The molecule has 4 nitrogen and oxygen atoms in total. The summed E-state index contributed by atoms with van der Waals surface area (Å²) in [5, 5.41) is 0. The maximum absolute atomic E-state index is 5.17. The van der Waals surface area contributed by atoms with E-state index in [1.165, 1.54) is 0 Å². The monoisotopic (exact) mass is 212 g/mol. The second-order valence-corrected chi connectivity index (χ2v) is 3.59. The predicted molar refractivity (Wildman–Crippen MR) is 53.3 cm³/mol. The molecule has 0 bridgehead atoms. The van der Waals surface area contributed by atoms with Crippen LogP contribution in [0.2, 0.25) is 0 Å². The Kier molecular flexibility index (Phi) is 3.77. The van der Waals surface area contributed by atoms with Crippen LogP contribution in [0.1, 0.15) is 32.1 Å². The van der Waals surface area contributed by atoms with Crippen LogP contribution < -0.4 is 0 Å². The molecule has 0 radical (unpaired) electrons. The van der Waals surface area contributed by atoms with Gasteiger partial charge in [0.25, 0.3) is 0 Å². The molecule has 0 unspecified atom stereocenters. The first-order chi connectivity index (χ1) is 7.45. The smallest absolute Gasteiger partial charge is 0.239 e. The molecule has 0 aromatic carbocycles. The van der Waals surface area contributed by atoms with E-state index in [4.69, 9.17) is 18.9 Å². The van der Waals surface area contributed by atoms with Crippen molar-refractivity contribution in [2.45, 2.75) is 44.7 Å². The Morgan fingerprint density at radius 1 is 0.600 bits per heavy atom. The Labute approximate surface area is 89.5 Å². The lowest BCUT2D eigenvalue weighted by Crippen LogP contribution is -2.08. The lowest BCUT2D eigenvalue weighted by atomic mass is 10.1. The Morgan fingerprint density at radius 3 is 1.40 bits per heavy atom. The second-order valence-electron chi connectivity index (χ2n) is 3.59. The molecule has 0 N–H and O–H groups in total. The number of rotatable bonds is 6. The third kappa shape index (κ3) is 3.38. The molecule has 0 aromatic rings. The van der Waals surface area contributed by atoms with Gasteiger partial charge in [-0.05, 0) is 12.8 Å². The summed E-state index contributed by atoms with van der Waals surface area (Å²) in [5.41, 5.74) is 0. The van der Waals surface area contributed by atoms with E-state index in [2.05, 4.69) is 0 Å². The second kappa shape index (κ2) is 5.53. The number of unbranched alkanes of at least 4 members (excludes halogenated alkanes) is 2. The standard InChI is InChI=1S/C11H16O4/c1(2-4-10-12-6-7-13-10)3-5-11-14-8-9-15-11/h6-11H,1-5H2. The predicted octanol–water partition coefficient (Wildman–Crippen LogP) is 2.63. The van der Waals surface area contributed by atoms with Gasteiger partial charge in [-0.25, -0.2) is 0 Å². The van der Waals surface area contributed by atoms with Crippen molar-refractivity contribution in [2.75, 3.05) is 0 Å². The third-order valence-electron chi connectivity index (χ3n) is 2.41. The van der Waals surface area contributed by atoms with E-state index in [0.717, 1.165) is 32.1 Å². The first-order valence-electron chi connectivity index (χ1n) is 5.37. The van der Waals surface area contributed by atoms with Gasteiger partial charge in [0, 0.05) is 12.8 Å². The molecule has 0 spiro atoms. The van der Waals surface area contributed by atoms with Gasteiger partial charge >= 0.3 is 0 Å². The zero-order chi connectivity index (χ0) is 10.3. The topological polar surface area (TPSA) is 36.9 Å². The summed E-state index contributed by atoms with van der Waals surface area (Å²) < 4.78 is 20.7. The summed E-state index contributed by atoms with van der Waals surface area (Å²) in [7, 11) is 0.